The minimum atomic E-state index is -0.184. The van der Waals surface area contributed by atoms with E-state index in [0.29, 0.717) is 17.3 Å². The second-order valence-electron chi connectivity index (χ2n) is 7.42. The highest BCUT2D eigenvalue weighted by atomic mass is 19.1. The van der Waals surface area contributed by atoms with Crippen LogP contribution < -0.4 is 11.1 Å². The van der Waals surface area contributed by atoms with Gasteiger partial charge in [-0.1, -0.05) is 24.3 Å². The van der Waals surface area contributed by atoms with E-state index in [4.69, 9.17) is 5.73 Å². The van der Waals surface area contributed by atoms with Gasteiger partial charge in [-0.2, -0.15) is 0 Å². The van der Waals surface area contributed by atoms with Crippen LogP contribution in [0.5, 0.6) is 0 Å². The molecule has 0 radical (unpaired) electrons. The molecule has 0 unspecified atom stereocenters. The molecule has 0 bridgehead atoms. The molecule has 2 aromatic rings. The summed E-state index contributed by atoms with van der Waals surface area (Å²) in [5.74, 6) is 0.906. The Balaban J connectivity index is 2.05. The van der Waals surface area contributed by atoms with Crippen LogP contribution in [0.1, 0.15) is 35.1 Å². The van der Waals surface area contributed by atoms with Gasteiger partial charge >= 0.3 is 0 Å². The third kappa shape index (κ3) is 4.45. The lowest BCUT2D eigenvalue weighted by Crippen LogP contribution is -2.10. The van der Waals surface area contributed by atoms with Gasteiger partial charge in [-0.25, -0.2) is 9.38 Å². The SMILES string of the molecule is C=N/C(N)=C\c1c(C)cc(-c2c(C)cccc2F)cc1CC[C@@H]1CCNC1. The molecule has 1 aliphatic heterocycles. The van der Waals surface area contributed by atoms with E-state index in [1.807, 2.05) is 32.1 Å². The molecule has 2 aromatic carbocycles. The second-order valence-corrected chi connectivity index (χ2v) is 7.42. The van der Waals surface area contributed by atoms with Crippen LogP contribution in [0, 0.1) is 25.6 Å². The van der Waals surface area contributed by atoms with E-state index in [-0.39, 0.29) is 5.82 Å². The summed E-state index contributed by atoms with van der Waals surface area (Å²) in [6.45, 7) is 9.68. The van der Waals surface area contributed by atoms with Crippen molar-refractivity contribution >= 4 is 12.8 Å². The average Bonchev–Trinajstić information content (AvgIpc) is 3.15. The van der Waals surface area contributed by atoms with E-state index >= 15 is 0 Å². The minimum absolute atomic E-state index is 0.184. The number of benzene rings is 2. The molecule has 1 atom stereocenters. The van der Waals surface area contributed by atoms with Crippen molar-refractivity contribution in [2.75, 3.05) is 13.1 Å². The predicted octanol–water partition coefficient (Wildman–Crippen LogP) is 4.61. The van der Waals surface area contributed by atoms with Gasteiger partial charge in [0, 0.05) is 5.56 Å². The summed E-state index contributed by atoms with van der Waals surface area (Å²) >= 11 is 0. The molecule has 1 saturated heterocycles. The summed E-state index contributed by atoms with van der Waals surface area (Å²) in [5.41, 5.74) is 11.8. The van der Waals surface area contributed by atoms with E-state index < -0.39 is 0 Å². The Hall–Kier alpha value is -2.46. The molecular formula is C23H28FN3. The average molecular weight is 365 g/mol. The molecule has 3 N–H and O–H groups in total. The van der Waals surface area contributed by atoms with Crippen LogP contribution >= 0.6 is 0 Å². The summed E-state index contributed by atoms with van der Waals surface area (Å²) in [6, 6.07) is 9.37. The number of nitrogens with two attached hydrogens (primary N) is 1. The number of nitrogens with zero attached hydrogens (tertiary/aromatic N) is 1. The van der Waals surface area contributed by atoms with E-state index in [1.54, 1.807) is 6.07 Å². The third-order valence-electron chi connectivity index (χ3n) is 5.44. The molecule has 4 heteroatoms. The molecule has 3 rings (SSSR count). The van der Waals surface area contributed by atoms with Crippen LogP contribution in [0.3, 0.4) is 0 Å². The highest BCUT2D eigenvalue weighted by molar-refractivity contribution is 5.73. The van der Waals surface area contributed by atoms with E-state index in [9.17, 15) is 4.39 Å². The monoisotopic (exact) mass is 365 g/mol. The molecular weight excluding hydrogens is 337 g/mol. The highest BCUT2D eigenvalue weighted by Gasteiger charge is 2.17. The van der Waals surface area contributed by atoms with Crippen LogP contribution in [0.2, 0.25) is 0 Å². The number of hydrogen-bond acceptors (Lipinski definition) is 3. The number of aryl methyl sites for hydroxylation is 3. The Labute approximate surface area is 161 Å². The van der Waals surface area contributed by atoms with Crippen molar-refractivity contribution in [2.45, 2.75) is 33.1 Å². The Morgan fingerprint density at radius 3 is 2.81 bits per heavy atom. The van der Waals surface area contributed by atoms with Crippen LogP contribution in [-0.4, -0.2) is 19.8 Å². The topological polar surface area (TPSA) is 50.4 Å². The molecule has 1 heterocycles. The number of rotatable bonds is 6. The Kier molecular flexibility index (Phi) is 6.07. The minimum Gasteiger partial charge on any atom is -0.384 e. The summed E-state index contributed by atoms with van der Waals surface area (Å²) in [6.07, 6.45) is 5.13. The molecule has 0 aliphatic carbocycles. The lowest BCUT2D eigenvalue weighted by Gasteiger charge is -2.16. The maximum absolute atomic E-state index is 14.5. The first kappa shape index (κ1) is 19.3. The van der Waals surface area contributed by atoms with Crippen molar-refractivity contribution in [1.82, 2.24) is 5.32 Å². The first-order valence-electron chi connectivity index (χ1n) is 9.53. The Bertz CT molecular complexity index is 844. The van der Waals surface area contributed by atoms with Crippen molar-refractivity contribution in [3.8, 4) is 11.1 Å². The Morgan fingerprint density at radius 2 is 2.15 bits per heavy atom. The quantitative estimate of drug-likeness (QED) is 0.735. The van der Waals surface area contributed by atoms with Gasteiger partial charge in [0.05, 0.1) is 0 Å². The first-order valence-corrected chi connectivity index (χ1v) is 9.53. The highest BCUT2D eigenvalue weighted by Crippen LogP contribution is 2.32. The van der Waals surface area contributed by atoms with Gasteiger partial charge in [0.1, 0.15) is 11.6 Å². The third-order valence-corrected chi connectivity index (χ3v) is 5.44. The number of nitrogens with one attached hydrogen (secondary N) is 1. The van der Waals surface area contributed by atoms with Gasteiger partial charge in [0.25, 0.3) is 0 Å². The molecule has 27 heavy (non-hydrogen) atoms. The summed E-state index contributed by atoms with van der Waals surface area (Å²) in [7, 11) is 0. The number of hydrogen-bond donors (Lipinski definition) is 2. The summed E-state index contributed by atoms with van der Waals surface area (Å²) in [5, 5.41) is 3.42. The fraction of sp³-hybridized carbons (Fsp3) is 0.348. The van der Waals surface area contributed by atoms with Crippen LogP contribution in [0.4, 0.5) is 4.39 Å². The lowest BCUT2D eigenvalue weighted by atomic mass is 9.89. The van der Waals surface area contributed by atoms with Crippen molar-refractivity contribution < 1.29 is 4.39 Å². The first-order chi connectivity index (χ1) is 13.0. The van der Waals surface area contributed by atoms with Crippen molar-refractivity contribution in [2.24, 2.45) is 16.6 Å². The second kappa shape index (κ2) is 8.49. The van der Waals surface area contributed by atoms with E-state index in [2.05, 4.69) is 23.1 Å². The van der Waals surface area contributed by atoms with Gasteiger partial charge < -0.3 is 11.1 Å². The summed E-state index contributed by atoms with van der Waals surface area (Å²) < 4.78 is 14.5. The van der Waals surface area contributed by atoms with E-state index in [0.717, 1.165) is 48.2 Å². The molecule has 0 aromatic heterocycles. The summed E-state index contributed by atoms with van der Waals surface area (Å²) in [4.78, 5) is 3.83. The number of aliphatic imine (C=N–C) groups is 1. The molecule has 0 saturated carbocycles. The van der Waals surface area contributed by atoms with Crippen molar-refractivity contribution in [1.29, 1.82) is 0 Å². The molecule has 3 nitrogen and oxygen atoms in total. The zero-order valence-electron chi connectivity index (χ0n) is 16.2. The molecule has 0 spiro atoms. The molecule has 0 amide bonds. The van der Waals surface area contributed by atoms with E-state index in [1.165, 1.54) is 18.1 Å². The van der Waals surface area contributed by atoms with Gasteiger partial charge in [-0.15, -0.1) is 0 Å². The normalized spacial score (nSPS) is 17.3. The van der Waals surface area contributed by atoms with Gasteiger partial charge in [0.2, 0.25) is 0 Å². The maximum atomic E-state index is 14.5. The molecule has 1 fully saturated rings. The zero-order valence-corrected chi connectivity index (χ0v) is 16.2. The standard InChI is InChI=1S/C23H28FN3/c1-15-5-4-6-21(24)23(15)19-11-16(2)20(13-22(25)26-3)18(12-19)8-7-17-9-10-27-14-17/h4-6,11-13,17,27H,3,7-10,14,25H2,1-2H3/b22-13-/t17-/m1/s1. The zero-order chi connectivity index (χ0) is 19.4. The van der Waals surface area contributed by atoms with Crippen molar-refractivity contribution in [3.05, 3.63) is 64.2 Å². The largest absolute Gasteiger partial charge is 0.384 e. The fourth-order valence-corrected chi connectivity index (χ4v) is 3.94. The van der Waals surface area contributed by atoms with Crippen LogP contribution in [0.25, 0.3) is 17.2 Å². The van der Waals surface area contributed by atoms with Crippen LogP contribution in [-0.2, 0) is 6.42 Å². The molecule has 142 valence electrons. The smallest absolute Gasteiger partial charge is 0.131 e. The van der Waals surface area contributed by atoms with Gasteiger partial charge in [-0.3, -0.25) is 0 Å². The maximum Gasteiger partial charge on any atom is 0.131 e. The lowest BCUT2D eigenvalue weighted by molar-refractivity contribution is 0.532. The van der Waals surface area contributed by atoms with Crippen molar-refractivity contribution in [3.63, 3.8) is 0 Å². The fourth-order valence-electron chi connectivity index (χ4n) is 3.94. The van der Waals surface area contributed by atoms with Gasteiger partial charge in [-0.05, 0) is 98.8 Å². The molecule has 1 aliphatic rings. The van der Waals surface area contributed by atoms with Crippen LogP contribution in [0.15, 0.2) is 41.1 Å². The van der Waals surface area contributed by atoms with Gasteiger partial charge in [0.15, 0.2) is 0 Å². The predicted molar refractivity (Wildman–Crippen MR) is 112 cm³/mol. The number of halogens is 1. The Morgan fingerprint density at radius 1 is 1.33 bits per heavy atom.